The molecule has 3 heterocycles. The second-order valence-electron chi connectivity index (χ2n) is 6.83. The number of halogens is 2. The van der Waals surface area contributed by atoms with Crippen LogP contribution in [0.1, 0.15) is 23.2 Å². The summed E-state index contributed by atoms with van der Waals surface area (Å²) in [5.41, 5.74) is 0.338. The largest absolute Gasteiger partial charge is 0.356 e. The molecule has 2 aliphatic heterocycles. The molecule has 1 aromatic carbocycles. The first-order valence-electron chi connectivity index (χ1n) is 9.18. The first-order chi connectivity index (χ1) is 13.1. The number of anilines is 2. The van der Waals surface area contributed by atoms with Crippen LogP contribution in [0, 0.1) is 5.82 Å². The van der Waals surface area contributed by atoms with Crippen molar-refractivity contribution in [3.05, 3.63) is 47.0 Å². The van der Waals surface area contributed by atoms with E-state index in [2.05, 4.69) is 19.8 Å². The number of hydrogen-bond donors (Lipinski definition) is 0. The van der Waals surface area contributed by atoms with E-state index in [1.54, 1.807) is 11.2 Å². The molecule has 27 heavy (non-hydrogen) atoms. The maximum absolute atomic E-state index is 13.2. The predicted octanol–water partition coefficient (Wildman–Crippen LogP) is 2.83. The Kier molecular flexibility index (Phi) is 5.11. The highest BCUT2D eigenvalue weighted by Crippen LogP contribution is 2.23. The number of benzene rings is 1. The van der Waals surface area contributed by atoms with Crippen molar-refractivity contribution in [2.45, 2.75) is 12.8 Å². The summed E-state index contributed by atoms with van der Waals surface area (Å²) in [4.78, 5) is 27.7. The number of piperazine rings is 1. The van der Waals surface area contributed by atoms with Gasteiger partial charge in [-0.2, -0.15) is 0 Å². The predicted molar refractivity (Wildman–Crippen MR) is 103 cm³/mol. The van der Waals surface area contributed by atoms with Crippen molar-refractivity contribution in [3.8, 4) is 0 Å². The van der Waals surface area contributed by atoms with Gasteiger partial charge in [-0.25, -0.2) is 14.4 Å². The van der Waals surface area contributed by atoms with Gasteiger partial charge < -0.3 is 14.7 Å². The van der Waals surface area contributed by atoms with E-state index in [9.17, 15) is 9.18 Å². The first-order valence-corrected chi connectivity index (χ1v) is 9.56. The van der Waals surface area contributed by atoms with Gasteiger partial charge in [0, 0.05) is 45.3 Å². The van der Waals surface area contributed by atoms with Crippen molar-refractivity contribution >= 4 is 29.1 Å². The van der Waals surface area contributed by atoms with Crippen molar-refractivity contribution in [1.82, 2.24) is 14.9 Å². The zero-order valence-corrected chi connectivity index (χ0v) is 15.7. The van der Waals surface area contributed by atoms with Crippen LogP contribution >= 0.6 is 11.6 Å². The van der Waals surface area contributed by atoms with E-state index in [0.717, 1.165) is 24.7 Å². The van der Waals surface area contributed by atoms with Crippen molar-refractivity contribution in [1.29, 1.82) is 0 Å². The molecular weight excluding hydrogens is 369 g/mol. The highest BCUT2D eigenvalue weighted by atomic mass is 35.5. The Morgan fingerprint density at radius 1 is 0.926 bits per heavy atom. The highest BCUT2D eigenvalue weighted by molar-refractivity contribution is 6.33. The van der Waals surface area contributed by atoms with Gasteiger partial charge in [-0.1, -0.05) is 11.6 Å². The number of amides is 1. The Labute approximate surface area is 162 Å². The molecule has 2 saturated heterocycles. The number of carbonyl (C=O) groups is 1. The quantitative estimate of drug-likeness (QED) is 0.808. The van der Waals surface area contributed by atoms with Crippen LogP contribution in [-0.2, 0) is 0 Å². The Hall–Kier alpha value is -2.41. The molecule has 2 fully saturated rings. The molecule has 0 unspecified atom stereocenters. The normalized spacial score (nSPS) is 17.5. The Balaban J connectivity index is 1.41. The molecule has 2 aliphatic rings. The maximum Gasteiger partial charge on any atom is 0.255 e. The second kappa shape index (κ2) is 7.68. The number of aromatic nitrogens is 2. The lowest BCUT2D eigenvalue weighted by Crippen LogP contribution is -2.49. The molecule has 2 aromatic rings. The van der Waals surface area contributed by atoms with E-state index in [1.165, 1.54) is 31.0 Å². The van der Waals surface area contributed by atoms with Gasteiger partial charge in [0.1, 0.15) is 23.8 Å². The molecule has 1 amide bonds. The van der Waals surface area contributed by atoms with Crippen LogP contribution in [0.25, 0.3) is 0 Å². The molecule has 8 heteroatoms. The molecule has 6 nitrogen and oxygen atoms in total. The van der Waals surface area contributed by atoms with Crippen LogP contribution in [0.2, 0.25) is 5.02 Å². The van der Waals surface area contributed by atoms with Gasteiger partial charge in [0.15, 0.2) is 0 Å². The lowest BCUT2D eigenvalue weighted by molar-refractivity contribution is 0.0746. The van der Waals surface area contributed by atoms with Crippen LogP contribution in [-0.4, -0.2) is 60.0 Å². The minimum Gasteiger partial charge on any atom is -0.356 e. The van der Waals surface area contributed by atoms with Gasteiger partial charge in [-0.05, 0) is 31.0 Å². The van der Waals surface area contributed by atoms with E-state index in [-0.39, 0.29) is 10.9 Å². The summed E-state index contributed by atoms with van der Waals surface area (Å²) in [6.45, 7) is 4.57. The molecule has 1 aromatic heterocycles. The molecule has 0 atom stereocenters. The maximum atomic E-state index is 13.2. The van der Waals surface area contributed by atoms with Crippen molar-refractivity contribution in [2.75, 3.05) is 49.1 Å². The molecular formula is C19H21ClFN5O. The topological polar surface area (TPSA) is 52.6 Å². The molecule has 0 spiro atoms. The zero-order chi connectivity index (χ0) is 18.8. The number of rotatable bonds is 3. The Morgan fingerprint density at radius 3 is 2.19 bits per heavy atom. The summed E-state index contributed by atoms with van der Waals surface area (Å²) in [6, 6.07) is 5.90. The first kappa shape index (κ1) is 18.0. The van der Waals surface area contributed by atoms with Gasteiger partial charge >= 0.3 is 0 Å². The fourth-order valence-corrected chi connectivity index (χ4v) is 3.85. The Morgan fingerprint density at radius 2 is 1.56 bits per heavy atom. The van der Waals surface area contributed by atoms with Crippen molar-refractivity contribution in [2.24, 2.45) is 0 Å². The number of nitrogens with zero attached hydrogens (tertiary/aromatic N) is 5. The molecule has 0 saturated carbocycles. The summed E-state index contributed by atoms with van der Waals surface area (Å²) in [5, 5.41) is 0.147. The SMILES string of the molecule is O=C(c1ccc(F)cc1Cl)N1CCN(c2cc(N3CCCC3)ncn2)CC1. The zero-order valence-electron chi connectivity index (χ0n) is 14.9. The molecule has 142 valence electrons. The average Bonchev–Trinajstić information content (AvgIpc) is 3.23. The number of hydrogen-bond acceptors (Lipinski definition) is 5. The second-order valence-corrected chi connectivity index (χ2v) is 7.24. The summed E-state index contributed by atoms with van der Waals surface area (Å²) >= 11 is 6.03. The highest BCUT2D eigenvalue weighted by Gasteiger charge is 2.25. The van der Waals surface area contributed by atoms with Gasteiger partial charge in [-0.3, -0.25) is 4.79 Å². The minimum absolute atomic E-state index is 0.147. The van der Waals surface area contributed by atoms with Gasteiger partial charge in [0.25, 0.3) is 5.91 Å². The van der Waals surface area contributed by atoms with E-state index in [4.69, 9.17) is 11.6 Å². The third-order valence-electron chi connectivity index (χ3n) is 5.12. The Bertz CT molecular complexity index is 835. The van der Waals surface area contributed by atoms with Gasteiger partial charge in [-0.15, -0.1) is 0 Å². The molecule has 0 bridgehead atoms. The standard InChI is InChI=1S/C19H21ClFN5O/c20-16-11-14(21)3-4-15(16)19(27)26-9-7-25(8-10-26)18-12-17(22-13-23-18)24-5-1-2-6-24/h3-4,11-13H,1-2,5-10H2. The van der Waals surface area contributed by atoms with Gasteiger partial charge in [0.2, 0.25) is 0 Å². The van der Waals surface area contributed by atoms with Gasteiger partial charge in [0.05, 0.1) is 10.6 Å². The van der Waals surface area contributed by atoms with Crippen LogP contribution < -0.4 is 9.80 Å². The summed E-state index contributed by atoms with van der Waals surface area (Å²) in [5.74, 6) is 1.24. The summed E-state index contributed by atoms with van der Waals surface area (Å²) < 4.78 is 13.2. The number of carbonyl (C=O) groups excluding carboxylic acids is 1. The smallest absolute Gasteiger partial charge is 0.255 e. The minimum atomic E-state index is -0.445. The molecule has 4 rings (SSSR count). The van der Waals surface area contributed by atoms with Crippen LogP contribution in [0.5, 0.6) is 0 Å². The molecule has 0 aliphatic carbocycles. The van der Waals surface area contributed by atoms with E-state index < -0.39 is 5.82 Å². The third-order valence-corrected chi connectivity index (χ3v) is 5.43. The van der Waals surface area contributed by atoms with Crippen LogP contribution in [0.4, 0.5) is 16.0 Å². The van der Waals surface area contributed by atoms with Crippen LogP contribution in [0.15, 0.2) is 30.6 Å². The monoisotopic (exact) mass is 389 g/mol. The van der Waals surface area contributed by atoms with E-state index >= 15 is 0 Å². The molecule has 0 radical (unpaired) electrons. The van der Waals surface area contributed by atoms with E-state index in [1.807, 2.05) is 6.07 Å². The summed E-state index contributed by atoms with van der Waals surface area (Å²) in [6.07, 6.45) is 4.01. The lowest BCUT2D eigenvalue weighted by atomic mass is 10.1. The third kappa shape index (κ3) is 3.83. The fourth-order valence-electron chi connectivity index (χ4n) is 3.60. The summed E-state index contributed by atoms with van der Waals surface area (Å²) in [7, 11) is 0. The average molecular weight is 390 g/mol. The van der Waals surface area contributed by atoms with Crippen molar-refractivity contribution in [3.63, 3.8) is 0 Å². The fraction of sp³-hybridized carbons (Fsp3) is 0.421. The van der Waals surface area contributed by atoms with Crippen molar-refractivity contribution < 1.29 is 9.18 Å². The van der Waals surface area contributed by atoms with E-state index in [0.29, 0.717) is 31.7 Å². The molecule has 0 N–H and O–H groups in total. The van der Waals surface area contributed by atoms with Crippen LogP contribution in [0.3, 0.4) is 0 Å². The lowest BCUT2D eigenvalue weighted by Gasteiger charge is -2.35.